The van der Waals surface area contributed by atoms with Gasteiger partial charge in [-0.1, -0.05) is 12.1 Å². The van der Waals surface area contributed by atoms with E-state index in [0.717, 1.165) is 16.2 Å². The average molecular weight is 358 g/mol. The number of benzene rings is 1. The van der Waals surface area contributed by atoms with Crippen molar-refractivity contribution in [3.8, 4) is 5.75 Å². The van der Waals surface area contributed by atoms with E-state index in [0.29, 0.717) is 19.6 Å². The molecule has 25 heavy (non-hydrogen) atoms. The van der Waals surface area contributed by atoms with Crippen LogP contribution in [0.4, 0.5) is 13.2 Å². The van der Waals surface area contributed by atoms with Crippen molar-refractivity contribution in [3.05, 3.63) is 29.8 Å². The Kier molecular flexibility index (Phi) is 6.27. The van der Waals surface area contributed by atoms with E-state index in [2.05, 4.69) is 0 Å². The zero-order valence-corrected chi connectivity index (χ0v) is 14.0. The number of nitrogens with zero attached hydrogens (tertiary/aromatic N) is 2. The van der Waals surface area contributed by atoms with Crippen LogP contribution in [0.5, 0.6) is 5.75 Å². The maximum atomic E-state index is 12.5. The van der Waals surface area contributed by atoms with Gasteiger partial charge in [-0.25, -0.2) is 0 Å². The van der Waals surface area contributed by atoms with Gasteiger partial charge in [-0.3, -0.25) is 9.59 Å². The molecule has 0 unspecified atom stereocenters. The topological polar surface area (TPSA) is 49.9 Å². The third-order valence-electron chi connectivity index (χ3n) is 3.97. The number of rotatable bonds is 4. The highest BCUT2D eigenvalue weighted by Crippen LogP contribution is 2.20. The molecule has 8 heteroatoms. The Bertz CT molecular complexity index is 602. The molecule has 0 spiro atoms. The number of amides is 2. The fourth-order valence-electron chi connectivity index (χ4n) is 2.71. The van der Waals surface area contributed by atoms with Crippen LogP contribution in [-0.4, -0.2) is 60.6 Å². The second-order valence-corrected chi connectivity index (χ2v) is 5.78. The van der Waals surface area contributed by atoms with Crippen molar-refractivity contribution in [2.45, 2.75) is 25.9 Å². The van der Waals surface area contributed by atoms with Gasteiger partial charge in [-0.2, -0.15) is 13.2 Å². The summed E-state index contributed by atoms with van der Waals surface area (Å²) in [5.74, 6) is -1.28. The van der Waals surface area contributed by atoms with E-state index in [1.807, 2.05) is 6.92 Å². The second kappa shape index (κ2) is 8.22. The molecule has 1 aromatic rings. The van der Waals surface area contributed by atoms with Crippen molar-refractivity contribution in [1.82, 2.24) is 9.80 Å². The molecule has 2 rings (SSSR count). The summed E-state index contributed by atoms with van der Waals surface area (Å²) >= 11 is 0. The average Bonchev–Trinajstić information content (AvgIpc) is 2.81. The summed E-state index contributed by atoms with van der Waals surface area (Å²) in [5.41, 5.74) is 0.806. The molecule has 1 aliphatic rings. The summed E-state index contributed by atoms with van der Waals surface area (Å²) in [7, 11) is 0. The van der Waals surface area contributed by atoms with Gasteiger partial charge < -0.3 is 14.5 Å². The van der Waals surface area contributed by atoms with Crippen LogP contribution in [0.2, 0.25) is 0 Å². The van der Waals surface area contributed by atoms with Crippen molar-refractivity contribution < 1.29 is 27.5 Å². The van der Waals surface area contributed by atoms with Crippen LogP contribution < -0.4 is 4.74 Å². The number of halogens is 3. The highest BCUT2D eigenvalue weighted by molar-refractivity contribution is 5.82. The highest BCUT2D eigenvalue weighted by Gasteiger charge is 2.42. The van der Waals surface area contributed by atoms with Gasteiger partial charge in [0.25, 0.3) is 0 Å². The Morgan fingerprint density at radius 2 is 1.64 bits per heavy atom. The van der Waals surface area contributed by atoms with Crippen LogP contribution in [0, 0.1) is 0 Å². The van der Waals surface area contributed by atoms with Crippen LogP contribution in [-0.2, 0) is 16.0 Å². The van der Waals surface area contributed by atoms with Crippen molar-refractivity contribution in [3.63, 3.8) is 0 Å². The molecule has 0 aliphatic carbocycles. The fraction of sp³-hybridized carbons (Fsp3) is 0.529. The van der Waals surface area contributed by atoms with Crippen molar-refractivity contribution in [1.29, 1.82) is 0 Å². The molecule has 1 saturated heterocycles. The van der Waals surface area contributed by atoms with Gasteiger partial charge in [0.15, 0.2) is 0 Å². The SMILES string of the molecule is CCOc1ccc(CC(=O)N2CCCN(C(=O)C(F)(F)F)CC2)cc1. The molecule has 1 aliphatic heterocycles. The fourth-order valence-corrected chi connectivity index (χ4v) is 2.71. The lowest BCUT2D eigenvalue weighted by molar-refractivity contribution is -0.185. The first kappa shape index (κ1) is 19.1. The van der Waals surface area contributed by atoms with Crippen LogP contribution in [0.25, 0.3) is 0 Å². The highest BCUT2D eigenvalue weighted by atomic mass is 19.4. The normalized spacial score (nSPS) is 15.7. The molecule has 1 fully saturated rings. The first-order valence-electron chi connectivity index (χ1n) is 8.17. The molecule has 5 nitrogen and oxygen atoms in total. The maximum absolute atomic E-state index is 12.5. The molecule has 1 aromatic carbocycles. The Balaban J connectivity index is 1.91. The lowest BCUT2D eigenvalue weighted by atomic mass is 10.1. The number of alkyl halides is 3. The zero-order valence-electron chi connectivity index (χ0n) is 14.0. The smallest absolute Gasteiger partial charge is 0.471 e. The quantitative estimate of drug-likeness (QED) is 0.830. The molecular weight excluding hydrogens is 337 g/mol. The predicted molar refractivity (Wildman–Crippen MR) is 85.1 cm³/mol. The van der Waals surface area contributed by atoms with Crippen LogP contribution in [0.3, 0.4) is 0 Å². The van der Waals surface area contributed by atoms with Gasteiger partial charge in [-0.05, 0) is 31.0 Å². The molecule has 2 amide bonds. The molecule has 0 N–H and O–H groups in total. The molecule has 0 saturated carbocycles. The van der Waals surface area contributed by atoms with E-state index in [1.165, 1.54) is 4.90 Å². The summed E-state index contributed by atoms with van der Waals surface area (Å²) in [6.45, 7) is 2.79. The second-order valence-electron chi connectivity index (χ2n) is 5.78. The van der Waals surface area contributed by atoms with Gasteiger partial charge in [-0.15, -0.1) is 0 Å². The van der Waals surface area contributed by atoms with Crippen LogP contribution >= 0.6 is 0 Å². The molecule has 138 valence electrons. The lowest BCUT2D eigenvalue weighted by Gasteiger charge is -2.23. The Labute approximate surface area is 144 Å². The monoisotopic (exact) mass is 358 g/mol. The maximum Gasteiger partial charge on any atom is 0.471 e. The summed E-state index contributed by atoms with van der Waals surface area (Å²) in [4.78, 5) is 26.0. The predicted octanol–water partition coefficient (Wildman–Crippen LogP) is 2.25. The summed E-state index contributed by atoms with van der Waals surface area (Å²) in [6, 6.07) is 7.14. The number of carbonyl (C=O) groups is 2. The minimum atomic E-state index is -4.87. The number of hydrogen-bond acceptors (Lipinski definition) is 3. The third-order valence-corrected chi connectivity index (χ3v) is 3.97. The number of hydrogen-bond donors (Lipinski definition) is 0. The number of carbonyl (C=O) groups excluding carboxylic acids is 2. The van der Waals surface area contributed by atoms with Crippen LogP contribution in [0.1, 0.15) is 18.9 Å². The standard InChI is InChI=1S/C17H21F3N2O3/c1-2-25-14-6-4-13(5-7-14)12-15(23)21-8-3-9-22(11-10-21)16(24)17(18,19)20/h4-7H,2-3,8-12H2,1H3. The Morgan fingerprint density at radius 3 is 2.24 bits per heavy atom. The Morgan fingerprint density at radius 1 is 1.04 bits per heavy atom. The third kappa shape index (κ3) is 5.37. The van der Waals surface area contributed by atoms with E-state index in [-0.39, 0.29) is 32.0 Å². The van der Waals surface area contributed by atoms with E-state index in [1.54, 1.807) is 24.3 Å². The first-order chi connectivity index (χ1) is 11.8. The van der Waals surface area contributed by atoms with E-state index in [4.69, 9.17) is 4.74 Å². The van der Waals surface area contributed by atoms with Crippen molar-refractivity contribution in [2.75, 3.05) is 32.8 Å². The van der Waals surface area contributed by atoms with E-state index in [9.17, 15) is 22.8 Å². The molecule has 0 atom stereocenters. The summed E-state index contributed by atoms with van der Waals surface area (Å²) < 4.78 is 42.9. The van der Waals surface area contributed by atoms with Crippen LogP contribution in [0.15, 0.2) is 24.3 Å². The van der Waals surface area contributed by atoms with Gasteiger partial charge in [0, 0.05) is 26.2 Å². The van der Waals surface area contributed by atoms with E-state index >= 15 is 0 Å². The summed E-state index contributed by atoms with van der Waals surface area (Å²) in [6.07, 6.45) is -4.38. The molecule has 0 aromatic heterocycles. The Hall–Kier alpha value is -2.25. The van der Waals surface area contributed by atoms with Gasteiger partial charge in [0.1, 0.15) is 5.75 Å². The van der Waals surface area contributed by atoms with Crippen molar-refractivity contribution in [2.24, 2.45) is 0 Å². The van der Waals surface area contributed by atoms with Gasteiger partial charge in [0.2, 0.25) is 5.91 Å². The zero-order chi connectivity index (χ0) is 18.4. The first-order valence-corrected chi connectivity index (χ1v) is 8.17. The van der Waals surface area contributed by atoms with Gasteiger partial charge in [0.05, 0.1) is 13.0 Å². The molecule has 1 heterocycles. The molecule has 0 bridgehead atoms. The van der Waals surface area contributed by atoms with Gasteiger partial charge >= 0.3 is 12.1 Å². The minimum absolute atomic E-state index is 0.00514. The minimum Gasteiger partial charge on any atom is -0.494 e. The lowest BCUT2D eigenvalue weighted by Crippen LogP contribution is -2.43. The van der Waals surface area contributed by atoms with Crippen molar-refractivity contribution >= 4 is 11.8 Å². The number of ether oxygens (including phenoxy) is 1. The summed E-state index contributed by atoms with van der Waals surface area (Å²) in [5, 5.41) is 0. The largest absolute Gasteiger partial charge is 0.494 e. The van der Waals surface area contributed by atoms with E-state index < -0.39 is 12.1 Å². The molecular formula is C17H21F3N2O3. The molecule has 0 radical (unpaired) electrons.